The summed E-state index contributed by atoms with van der Waals surface area (Å²) in [6.45, 7) is 6.09. The first-order valence-electron chi connectivity index (χ1n) is 6.74. The van der Waals surface area contributed by atoms with Gasteiger partial charge in [0.05, 0.1) is 6.04 Å². The van der Waals surface area contributed by atoms with E-state index in [1.165, 1.54) is 0 Å². The number of carbonyl (C=O) groups is 1. The number of halogens is 1. The van der Waals surface area contributed by atoms with Gasteiger partial charge < -0.3 is 11.1 Å². The molecular weight excluding hydrogens is 260 g/mol. The Morgan fingerprint density at radius 2 is 1.89 bits per heavy atom. The van der Waals surface area contributed by atoms with Gasteiger partial charge in [0, 0.05) is 17.5 Å². The van der Waals surface area contributed by atoms with Crippen LogP contribution >= 0.6 is 11.6 Å². The fourth-order valence-corrected chi connectivity index (χ4v) is 1.95. The molecule has 0 aliphatic heterocycles. The minimum atomic E-state index is -0.0947. The predicted octanol–water partition coefficient (Wildman–Crippen LogP) is 3.28. The number of hydrogen-bond acceptors (Lipinski definition) is 2. The second kappa shape index (κ2) is 7.51. The SMILES string of the molecule is CCC(NC(=O)CC(N)C(C)C)c1ccc(Cl)cc1. The van der Waals surface area contributed by atoms with Gasteiger partial charge in [0.15, 0.2) is 0 Å². The van der Waals surface area contributed by atoms with Crippen molar-refractivity contribution in [2.45, 2.75) is 45.7 Å². The average Bonchev–Trinajstić information content (AvgIpc) is 2.37. The fourth-order valence-electron chi connectivity index (χ4n) is 1.82. The summed E-state index contributed by atoms with van der Waals surface area (Å²) in [4.78, 5) is 12.0. The van der Waals surface area contributed by atoms with Crippen LogP contribution in [-0.2, 0) is 4.79 Å². The van der Waals surface area contributed by atoms with Gasteiger partial charge in [-0.1, -0.05) is 44.5 Å². The lowest BCUT2D eigenvalue weighted by molar-refractivity contribution is -0.122. The molecule has 106 valence electrons. The van der Waals surface area contributed by atoms with Gasteiger partial charge in [-0.05, 0) is 30.0 Å². The van der Waals surface area contributed by atoms with Crippen LogP contribution in [0.5, 0.6) is 0 Å². The lowest BCUT2D eigenvalue weighted by atomic mass is 10.0. The van der Waals surface area contributed by atoms with Crippen molar-refractivity contribution >= 4 is 17.5 Å². The third-order valence-corrected chi connectivity index (χ3v) is 3.55. The molecule has 0 aromatic heterocycles. The van der Waals surface area contributed by atoms with E-state index < -0.39 is 0 Å². The lowest BCUT2D eigenvalue weighted by Gasteiger charge is -2.20. The van der Waals surface area contributed by atoms with Gasteiger partial charge in [-0.25, -0.2) is 0 Å². The quantitative estimate of drug-likeness (QED) is 0.841. The van der Waals surface area contributed by atoms with E-state index in [1.54, 1.807) is 0 Å². The first-order chi connectivity index (χ1) is 8.93. The van der Waals surface area contributed by atoms with Gasteiger partial charge >= 0.3 is 0 Å². The van der Waals surface area contributed by atoms with Crippen molar-refractivity contribution in [2.24, 2.45) is 11.7 Å². The number of nitrogens with one attached hydrogen (secondary N) is 1. The average molecular weight is 283 g/mol. The third-order valence-electron chi connectivity index (χ3n) is 3.29. The number of amides is 1. The molecule has 4 heteroatoms. The van der Waals surface area contributed by atoms with E-state index in [0.717, 1.165) is 12.0 Å². The van der Waals surface area contributed by atoms with Crippen molar-refractivity contribution in [1.82, 2.24) is 5.32 Å². The molecule has 0 aliphatic carbocycles. The Bertz CT molecular complexity index is 403. The lowest BCUT2D eigenvalue weighted by Crippen LogP contribution is -2.36. The number of nitrogens with two attached hydrogens (primary N) is 1. The fraction of sp³-hybridized carbons (Fsp3) is 0.533. The summed E-state index contributed by atoms with van der Waals surface area (Å²) >= 11 is 5.87. The van der Waals surface area contributed by atoms with E-state index in [1.807, 2.05) is 45.0 Å². The molecule has 3 nitrogen and oxygen atoms in total. The van der Waals surface area contributed by atoms with Crippen LogP contribution in [0.1, 0.15) is 45.2 Å². The molecule has 19 heavy (non-hydrogen) atoms. The minimum Gasteiger partial charge on any atom is -0.349 e. The molecular formula is C15H23ClN2O. The van der Waals surface area contributed by atoms with E-state index in [-0.39, 0.29) is 18.0 Å². The Morgan fingerprint density at radius 3 is 2.37 bits per heavy atom. The van der Waals surface area contributed by atoms with E-state index in [4.69, 9.17) is 17.3 Å². The second-order valence-corrected chi connectivity index (χ2v) is 5.63. The van der Waals surface area contributed by atoms with E-state index in [0.29, 0.717) is 17.4 Å². The highest BCUT2D eigenvalue weighted by Gasteiger charge is 2.16. The molecule has 2 atom stereocenters. The van der Waals surface area contributed by atoms with Crippen molar-refractivity contribution in [1.29, 1.82) is 0 Å². The molecule has 0 heterocycles. The van der Waals surface area contributed by atoms with Crippen LogP contribution in [0.3, 0.4) is 0 Å². The van der Waals surface area contributed by atoms with E-state index >= 15 is 0 Å². The number of benzene rings is 1. The molecule has 1 amide bonds. The largest absolute Gasteiger partial charge is 0.349 e. The molecule has 0 fully saturated rings. The Balaban J connectivity index is 2.62. The van der Waals surface area contributed by atoms with Crippen molar-refractivity contribution < 1.29 is 4.79 Å². The van der Waals surface area contributed by atoms with Crippen molar-refractivity contribution in [3.05, 3.63) is 34.9 Å². The molecule has 1 rings (SSSR count). The van der Waals surface area contributed by atoms with Crippen molar-refractivity contribution in [2.75, 3.05) is 0 Å². The third kappa shape index (κ3) is 5.21. The zero-order valence-electron chi connectivity index (χ0n) is 11.8. The smallest absolute Gasteiger partial charge is 0.222 e. The van der Waals surface area contributed by atoms with Crippen LogP contribution in [0.2, 0.25) is 5.02 Å². The molecule has 0 spiro atoms. The van der Waals surface area contributed by atoms with E-state index in [9.17, 15) is 4.79 Å². The van der Waals surface area contributed by atoms with Gasteiger partial charge in [-0.15, -0.1) is 0 Å². The number of rotatable bonds is 6. The Hall–Kier alpha value is -1.06. The number of hydrogen-bond donors (Lipinski definition) is 2. The van der Waals surface area contributed by atoms with Crippen LogP contribution in [0.15, 0.2) is 24.3 Å². The normalized spacial score (nSPS) is 14.2. The molecule has 2 unspecified atom stereocenters. The molecule has 0 aliphatic rings. The summed E-state index contributed by atoms with van der Waals surface area (Å²) in [6.07, 6.45) is 1.20. The maximum atomic E-state index is 12.0. The highest BCUT2D eigenvalue weighted by molar-refractivity contribution is 6.30. The Kier molecular flexibility index (Phi) is 6.32. The monoisotopic (exact) mass is 282 g/mol. The molecule has 1 aromatic carbocycles. The molecule has 0 radical (unpaired) electrons. The summed E-state index contributed by atoms with van der Waals surface area (Å²) in [7, 11) is 0. The molecule has 1 aromatic rings. The van der Waals surface area contributed by atoms with Crippen LogP contribution < -0.4 is 11.1 Å². The van der Waals surface area contributed by atoms with Crippen molar-refractivity contribution in [3.8, 4) is 0 Å². The summed E-state index contributed by atoms with van der Waals surface area (Å²) in [5.74, 6) is 0.310. The summed E-state index contributed by atoms with van der Waals surface area (Å²) in [5, 5.41) is 3.73. The zero-order chi connectivity index (χ0) is 14.4. The summed E-state index contributed by atoms with van der Waals surface area (Å²) in [5.41, 5.74) is 6.98. The van der Waals surface area contributed by atoms with Gasteiger partial charge in [-0.3, -0.25) is 4.79 Å². The molecule has 0 bridgehead atoms. The minimum absolute atomic E-state index is 0.00278. The predicted molar refractivity (Wildman–Crippen MR) is 80.1 cm³/mol. The maximum Gasteiger partial charge on any atom is 0.222 e. The van der Waals surface area contributed by atoms with E-state index in [2.05, 4.69) is 5.32 Å². The number of carbonyl (C=O) groups excluding carboxylic acids is 1. The maximum absolute atomic E-state index is 12.0. The highest BCUT2D eigenvalue weighted by atomic mass is 35.5. The zero-order valence-corrected chi connectivity index (χ0v) is 12.6. The van der Waals surface area contributed by atoms with Gasteiger partial charge in [0.25, 0.3) is 0 Å². The topological polar surface area (TPSA) is 55.1 Å². The summed E-state index contributed by atoms with van der Waals surface area (Å²) in [6, 6.07) is 7.49. The molecule has 0 saturated carbocycles. The van der Waals surface area contributed by atoms with Crippen LogP contribution in [0.25, 0.3) is 0 Å². The first-order valence-corrected chi connectivity index (χ1v) is 7.12. The first kappa shape index (κ1) is 16.0. The Labute approximate surface area is 120 Å². The van der Waals surface area contributed by atoms with Gasteiger partial charge in [0.2, 0.25) is 5.91 Å². The van der Waals surface area contributed by atoms with Crippen molar-refractivity contribution in [3.63, 3.8) is 0 Å². The summed E-state index contributed by atoms with van der Waals surface area (Å²) < 4.78 is 0. The molecule has 3 N–H and O–H groups in total. The van der Waals surface area contributed by atoms with Gasteiger partial charge in [0.1, 0.15) is 0 Å². The molecule has 0 saturated heterocycles. The second-order valence-electron chi connectivity index (χ2n) is 5.19. The van der Waals surface area contributed by atoms with Crippen LogP contribution in [-0.4, -0.2) is 11.9 Å². The van der Waals surface area contributed by atoms with Crippen LogP contribution in [0, 0.1) is 5.92 Å². The Morgan fingerprint density at radius 1 is 1.32 bits per heavy atom. The van der Waals surface area contributed by atoms with Crippen LogP contribution in [0.4, 0.5) is 0 Å². The van der Waals surface area contributed by atoms with Gasteiger partial charge in [-0.2, -0.15) is 0 Å². The standard InChI is InChI=1S/C15H23ClN2O/c1-4-14(11-5-7-12(16)8-6-11)18-15(19)9-13(17)10(2)3/h5-8,10,13-14H,4,9,17H2,1-3H3,(H,18,19). The highest BCUT2D eigenvalue weighted by Crippen LogP contribution is 2.19.